The summed E-state index contributed by atoms with van der Waals surface area (Å²) < 4.78 is 24.4. The highest BCUT2D eigenvalue weighted by atomic mass is 35.5. The van der Waals surface area contributed by atoms with Crippen LogP contribution in [0.4, 0.5) is 0 Å². The minimum absolute atomic E-state index is 0.0698. The number of pyridine rings is 1. The fraction of sp³-hybridized carbons (Fsp3) is 0.167. The molecule has 0 aromatic carbocycles. The van der Waals surface area contributed by atoms with Gasteiger partial charge in [0.1, 0.15) is 5.02 Å². The van der Waals surface area contributed by atoms with E-state index in [2.05, 4.69) is 9.71 Å². The molecule has 1 aromatic rings. The molecule has 0 saturated carbocycles. The predicted octanol–water partition coefficient (Wildman–Crippen LogP) is -0.0636. The first-order valence-corrected chi connectivity index (χ1v) is 5.15. The van der Waals surface area contributed by atoms with Gasteiger partial charge in [-0.2, -0.15) is 0 Å². The average Bonchev–Trinajstić information content (AvgIpc) is 2.09. The highest BCUT2D eigenvalue weighted by Crippen LogP contribution is 2.09. The molecule has 1 aromatic heterocycles. The van der Waals surface area contributed by atoms with Crippen molar-refractivity contribution in [2.45, 2.75) is 4.90 Å². The van der Waals surface area contributed by atoms with Crippen molar-refractivity contribution in [1.82, 2.24) is 9.71 Å². The Balaban J connectivity index is 3.35. The second-order valence-electron chi connectivity index (χ2n) is 2.22. The molecule has 2 N–H and O–H groups in total. The van der Waals surface area contributed by atoms with Crippen molar-refractivity contribution >= 4 is 21.6 Å². The first-order chi connectivity index (χ1) is 5.97. The van der Waals surface area contributed by atoms with Gasteiger partial charge in [-0.3, -0.25) is 4.79 Å². The molecule has 13 heavy (non-hydrogen) atoms. The summed E-state index contributed by atoms with van der Waals surface area (Å²) in [6.07, 6.45) is 1.08. The Morgan fingerprint density at radius 2 is 2.15 bits per heavy atom. The lowest BCUT2D eigenvalue weighted by Crippen LogP contribution is -2.20. The molecule has 0 spiro atoms. The summed E-state index contributed by atoms with van der Waals surface area (Å²) in [5, 5.41) is -0.156. The van der Waals surface area contributed by atoms with E-state index in [9.17, 15) is 13.2 Å². The van der Waals surface area contributed by atoms with Gasteiger partial charge in [0.05, 0.1) is 4.90 Å². The van der Waals surface area contributed by atoms with E-state index in [4.69, 9.17) is 11.6 Å². The quantitative estimate of drug-likeness (QED) is 0.736. The Morgan fingerprint density at radius 3 is 2.62 bits per heavy atom. The summed E-state index contributed by atoms with van der Waals surface area (Å²) in [5.41, 5.74) is -0.517. The van der Waals surface area contributed by atoms with E-state index in [-0.39, 0.29) is 9.92 Å². The van der Waals surface area contributed by atoms with Gasteiger partial charge >= 0.3 is 0 Å². The van der Waals surface area contributed by atoms with Gasteiger partial charge in [-0.15, -0.1) is 0 Å². The molecule has 1 heterocycles. The molecule has 72 valence electrons. The molecule has 0 amide bonds. The number of hydrogen-bond acceptors (Lipinski definition) is 3. The largest absolute Gasteiger partial charge is 0.326 e. The summed E-state index contributed by atoms with van der Waals surface area (Å²) in [7, 11) is -2.27. The minimum atomic E-state index is -3.54. The van der Waals surface area contributed by atoms with Crippen molar-refractivity contribution in [2.24, 2.45) is 0 Å². The summed E-state index contributed by atoms with van der Waals surface area (Å²) in [5.74, 6) is 0. The summed E-state index contributed by atoms with van der Waals surface area (Å²) >= 11 is 5.44. The normalized spacial score (nSPS) is 11.5. The SMILES string of the molecule is CNS(=O)(=O)c1c[nH]c(=O)c(Cl)c1. The van der Waals surface area contributed by atoms with Crippen LogP contribution in [0.1, 0.15) is 0 Å². The highest BCUT2D eigenvalue weighted by Gasteiger charge is 2.12. The predicted molar refractivity (Wildman–Crippen MR) is 48.3 cm³/mol. The van der Waals surface area contributed by atoms with E-state index in [1.807, 2.05) is 0 Å². The van der Waals surface area contributed by atoms with E-state index in [1.165, 1.54) is 7.05 Å². The van der Waals surface area contributed by atoms with Crippen molar-refractivity contribution in [2.75, 3.05) is 7.05 Å². The van der Waals surface area contributed by atoms with Crippen molar-refractivity contribution in [1.29, 1.82) is 0 Å². The van der Waals surface area contributed by atoms with E-state index in [0.29, 0.717) is 0 Å². The van der Waals surface area contributed by atoms with Crippen LogP contribution in [0.5, 0.6) is 0 Å². The maximum absolute atomic E-state index is 11.2. The molecular formula is C6H7ClN2O3S. The van der Waals surface area contributed by atoms with E-state index < -0.39 is 15.6 Å². The third-order valence-corrected chi connectivity index (χ3v) is 3.08. The van der Waals surface area contributed by atoms with Gasteiger partial charge in [-0.25, -0.2) is 13.1 Å². The maximum Gasteiger partial charge on any atom is 0.266 e. The Morgan fingerprint density at radius 1 is 1.54 bits per heavy atom. The molecule has 0 saturated heterocycles. The first kappa shape index (κ1) is 10.2. The molecule has 5 nitrogen and oxygen atoms in total. The van der Waals surface area contributed by atoms with Gasteiger partial charge in [0, 0.05) is 6.20 Å². The standard InChI is InChI=1S/C6H7ClN2O3S/c1-8-13(11,12)4-2-5(7)6(10)9-3-4/h2-3,8H,1H3,(H,9,10). The fourth-order valence-electron chi connectivity index (χ4n) is 0.711. The maximum atomic E-state index is 11.2. The van der Waals surface area contributed by atoms with Crippen LogP contribution in [0.15, 0.2) is 22.0 Å². The molecule has 0 aliphatic rings. The van der Waals surface area contributed by atoms with Gasteiger partial charge in [0.25, 0.3) is 5.56 Å². The number of aromatic amines is 1. The van der Waals surface area contributed by atoms with Crippen LogP contribution >= 0.6 is 11.6 Å². The molecule has 0 fully saturated rings. The Kier molecular flexibility index (Phi) is 2.74. The number of hydrogen-bond donors (Lipinski definition) is 2. The number of halogens is 1. The zero-order chi connectivity index (χ0) is 10.1. The van der Waals surface area contributed by atoms with E-state index in [1.54, 1.807) is 0 Å². The van der Waals surface area contributed by atoms with Crippen LogP contribution in [0.25, 0.3) is 0 Å². The third-order valence-electron chi connectivity index (χ3n) is 1.41. The second kappa shape index (κ2) is 3.49. The van der Waals surface area contributed by atoms with Gasteiger partial charge < -0.3 is 4.98 Å². The molecule has 0 bridgehead atoms. The highest BCUT2D eigenvalue weighted by molar-refractivity contribution is 7.89. The van der Waals surface area contributed by atoms with Crippen LogP contribution in [-0.4, -0.2) is 20.4 Å². The second-order valence-corrected chi connectivity index (χ2v) is 4.51. The van der Waals surface area contributed by atoms with Gasteiger partial charge in [0.2, 0.25) is 10.0 Å². The van der Waals surface area contributed by atoms with Crippen LogP contribution in [-0.2, 0) is 10.0 Å². The zero-order valence-corrected chi connectivity index (χ0v) is 8.24. The number of H-pyrrole nitrogens is 1. The first-order valence-electron chi connectivity index (χ1n) is 3.29. The molecule has 0 unspecified atom stereocenters. The van der Waals surface area contributed by atoms with Crippen LogP contribution in [0.3, 0.4) is 0 Å². The number of sulfonamides is 1. The zero-order valence-electron chi connectivity index (χ0n) is 6.67. The van der Waals surface area contributed by atoms with E-state index in [0.717, 1.165) is 12.3 Å². The van der Waals surface area contributed by atoms with Crippen molar-refractivity contribution < 1.29 is 8.42 Å². The molecule has 0 aliphatic carbocycles. The Bertz CT molecular complexity index is 465. The van der Waals surface area contributed by atoms with Crippen LogP contribution < -0.4 is 10.3 Å². The summed E-state index contributed by atoms with van der Waals surface area (Å²) in [4.78, 5) is 12.9. The van der Waals surface area contributed by atoms with Crippen molar-refractivity contribution in [3.8, 4) is 0 Å². The van der Waals surface area contributed by atoms with Crippen molar-refractivity contribution in [3.05, 3.63) is 27.6 Å². The smallest absolute Gasteiger partial charge is 0.266 e. The summed E-state index contributed by atoms with van der Waals surface area (Å²) in [6, 6.07) is 1.09. The fourth-order valence-corrected chi connectivity index (χ4v) is 1.67. The third kappa shape index (κ3) is 2.09. The number of aromatic nitrogens is 1. The molecule has 1 rings (SSSR count). The minimum Gasteiger partial charge on any atom is -0.326 e. The van der Waals surface area contributed by atoms with Crippen LogP contribution in [0.2, 0.25) is 5.02 Å². The van der Waals surface area contributed by atoms with Crippen LogP contribution in [0, 0.1) is 0 Å². The lowest BCUT2D eigenvalue weighted by atomic mass is 10.5. The molecular weight excluding hydrogens is 216 g/mol. The van der Waals surface area contributed by atoms with Gasteiger partial charge in [-0.1, -0.05) is 11.6 Å². The van der Waals surface area contributed by atoms with Gasteiger partial charge in [-0.05, 0) is 13.1 Å². The Labute approximate surface area is 79.8 Å². The number of nitrogens with one attached hydrogen (secondary N) is 2. The van der Waals surface area contributed by atoms with Gasteiger partial charge in [0.15, 0.2) is 0 Å². The lowest BCUT2D eigenvalue weighted by molar-refractivity contribution is 0.588. The molecule has 0 radical (unpaired) electrons. The number of rotatable bonds is 2. The molecule has 7 heteroatoms. The molecule has 0 atom stereocenters. The lowest BCUT2D eigenvalue weighted by Gasteiger charge is -2.00. The van der Waals surface area contributed by atoms with E-state index >= 15 is 0 Å². The monoisotopic (exact) mass is 222 g/mol. The summed E-state index contributed by atoms with van der Waals surface area (Å²) in [6.45, 7) is 0. The topological polar surface area (TPSA) is 79.0 Å². The molecule has 0 aliphatic heterocycles. The Hall–Kier alpha value is -0.850. The van der Waals surface area contributed by atoms with Crippen molar-refractivity contribution in [3.63, 3.8) is 0 Å². The average molecular weight is 223 g/mol.